The van der Waals surface area contributed by atoms with Crippen LogP contribution in [0.5, 0.6) is 0 Å². The maximum absolute atomic E-state index is 11.2. The number of rotatable bonds is 10. The summed E-state index contributed by atoms with van der Waals surface area (Å²) in [6, 6.07) is 31.5. The second-order valence-corrected chi connectivity index (χ2v) is 7.86. The van der Waals surface area contributed by atoms with Crippen LogP contribution in [0.15, 0.2) is 103 Å². The Kier molecular flexibility index (Phi) is 7.80. The van der Waals surface area contributed by atoms with Gasteiger partial charge >= 0.3 is 0 Å². The summed E-state index contributed by atoms with van der Waals surface area (Å²) < 4.78 is 0. The minimum atomic E-state index is -0.472. The van der Waals surface area contributed by atoms with E-state index in [1.54, 1.807) is 0 Å². The summed E-state index contributed by atoms with van der Waals surface area (Å²) in [7, 11) is 0. The van der Waals surface area contributed by atoms with Crippen LogP contribution in [0.4, 0.5) is 0 Å². The van der Waals surface area contributed by atoms with E-state index >= 15 is 0 Å². The van der Waals surface area contributed by atoms with Crippen LogP contribution in [0.2, 0.25) is 0 Å². The lowest BCUT2D eigenvalue weighted by atomic mass is 9.94. The van der Waals surface area contributed by atoms with Gasteiger partial charge in [0.2, 0.25) is 0 Å². The zero-order valence-corrected chi connectivity index (χ0v) is 17.2. The van der Waals surface area contributed by atoms with Crippen LogP contribution < -0.4 is 0 Å². The minimum absolute atomic E-state index is 0.00508. The number of aliphatic hydroxyl groups excluding tert-OH is 1. The van der Waals surface area contributed by atoms with Crippen molar-refractivity contribution in [1.29, 1.82) is 0 Å². The summed E-state index contributed by atoms with van der Waals surface area (Å²) in [5, 5.41) is 11.2. The third kappa shape index (κ3) is 6.70. The Morgan fingerprint density at radius 3 is 1.59 bits per heavy atom. The molecule has 2 heteroatoms. The van der Waals surface area contributed by atoms with Gasteiger partial charge in [0, 0.05) is 19.1 Å². The lowest BCUT2D eigenvalue weighted by Gasteiger charge is -2.35. The predicted molar refractivity (Wildman–Crippen MR) is 122 cm³/mol. The molecular weight excluding hydrogens is 354 g/mol. The van der Waals surface area contributed by atoms with Gasteiger partial charge < -0.3 is 5.11 Å². The molecule has 0 aromatic heterocycles. The molecule has 0 bridgehead atoms. The average Bonchev–Trinajstić information content (AvgIpc) is 2.73. The molecular formula is C27H31NO. The van der Waals surface area contributed by atoms with Gasteiger partial charge in [-0.3, -0.25) is 4.90 Å². The monoisotopic (exact) mass is 385 g/mol. The topological polar surface area (TPSA) is 23.5 Å². The maximum atomic E-state index is 11.2. The molecule has 0 aliphatic carbocycles. The summed E-state index contributed by atoms with van der Waals surface area (Å²) in [6.07, 6.45) is 0.937. The van der Waals surface area contributed by atoms with Gasteiger partial charge in [0.05, 0.1) is 6.10 Å². The van der Waals surface area contributed by atoms with Crippen LogP contribution in [-0.2, 0) is 19.5 Å². The first kappa shape index (κ1) is 21.0. The van der Waals surface area contributed by atoms with Gasteiger partial charge in [-0.25, -0.2) is 0 Å². The zero-order valence-electron chi connectivity index (χ0n) is 17.2. The molecule has 0 unspecified atom stereocenters. The van der Waals surface area contributed by atoms with Gasteiger partial charge in [0.15, 0.2) is 0 Å². The Labute approximate surface area is 175 Å². The minimum Gasteiger partial charge on any atom is -0.391 e. The highest BCUT2D eigenvalue weighted by Gasteiger charge is 2.27. The van der Waals surface area contributed by atoms with E-state index in [1.807, 2.05) is 25.1 Å². The van der Waals surface area contributed by atoms with E-state index in [1.165, 1.54) is 16.7 Å². The molecule has 3 aromatic carbocycles. The van der Waals surface area contributed by atoms with Crippen LogP contribution in [0.1, 0.15) is 30.0 Å². The van der Waals surface area contributed by atoms with Gasteiger partial charge in [-0.05, 0) is 36.5 Å². The second-order valence-electron chi connectivity index (χ2n) is 7.86. The van der Waals surface area contributed by atoms with E-state index in [0.717, 1.165) is 25.1 Å². The highest BCUT2D eigenvalue weighted by molar-refractivity contribution is 5.20. The molecule has 29 heavy (non-hydrogen) atoms. The molecule has 0 saturated carbocycles. The van der Waals surface area contributed by atoms with Crippen molar-refractivity contribution in [3.05, 3.63) is 120 Å². The summed E-state index contributed by atoms with van der Waals surface area (Å²) in [5.41, 5.74) is 4.76. The number of nitrogens with zero attached hydrogens (tertiary/aromatic N) is 1. The summed E-state index contributed by atoms with van der Waals surface area (Å²) >= 11 is 0. The van der Waals surface area contributed by atoms with Crippen molar-refractivity contribution in [2.75, 3.05) is 0 Å². The van der Waals surface area contributed by atoms with E-state index in [0.29, 0.717) is 6.42 Å². The third-order valence-corrected chi connectivity index (χ3v) is 5.22. The van der Waals surface area contributed by atoms with Crippen LogP contribution in [-0.4, -0.2) is 22.2 Å². The van der Waals surface area contributed by atoms with Gasteiger partial charge in [0.1, 0.15) is 0 Å². The van der Waals surface area contributed by atoms with Gasteiger partial charge in [-0.2, -0.15) is 0 Å². The molecule has 2 atom stereocenters. The Morgan fingerprint density at radius 1 is 0.759 bits per heavy atom. The van der Waals surface area contributed by atoms with Crippen molar-refractivity contribution < 1.29 is 5.11 Å². The van der Waals surface area contributed by atoms with E-state index in [2.05, 4.69) is 84.3 Å². The fraction of sp³-hybridized carbons (Fsp3) is 0.259. The van der Waals surface area contributed by atoms with Crippen molar-refractivity contribution in [3.63, 3.8) is 0 Å². The summed E-state index contributed by atoms with van der Waals surface area (Å²) in [6.45, 7) is 7.61. The molecule has 0 saturated heterocycles. The van der Waals surface area contributed by atoms with Crippen molar-refractivity contribution in [1.82, 2.24) is 4.90 Å². The first-order chi connectivity index (χ1) is 14.1. The molecule has 0 aliphatic heterocycles. The summed E-state index contributed by atoms with van der Waals surface area (Å²) in [5.74, 6) is 0. The van der Waals surface area contributed by atoms with Crippen LogP contribution in [0, 0.1) is 0 Å². The maximum Gasteiger partial charge on any atom is 0.0735 e. The molecule has 0 spiro atoms. The van der Waals surface area contributed by atoms with Gasteiger partial charge in [-0.1, -0.05) is 96.6 Å². The molecule has 2 nitrogen and oxygen atoms in total. The Bertz CT molecular complexity index is 819. The van der Waals surface area contributed by atoms with Crippen LogP contribution in [0.3, 0.4) is 0 Å². The smallest absolute Gasteiger partial charge is 0.0735 e. The van der Waals surface area contributed by atoms with Crippen molar-refractivity contribution >= 4 is 0 Å². The molecule has 0 amide bonds. The lowest BCUT2D eigenvalue weighted by Crippen LogP contribution is -2.44. The standard InChI is InChI=1S/C27H31NO/c1-22(2)18-27(29)26(19-23-12-6-3-7-13-23)28(20-24-14-8-4-9-15-24)21-25-16-10-5-11-17-25/h3-17,26-27,29H,1,18-21H2,2H3/t26-,27+/m0/s1. The highest BCUT2D eigenvalue weighted by atomic mass is 16.3. The van der Waals surface area contributed by atoms with E-state index in [4.69, 9.17) is 0 Å². The van der Waals surface area contributed by atoms with Crippen molar-refractivity contribution in [2.45, 2.75) is 45.0 Å². The van der Waals surface area contributed by atoms with Gasteiger partial charge in [0.25, 0.3) is 0 Å². The molecule has 3 aromatic rings. The molecule has 0 aliphatic rings. The molecule has 150 valence electrons. The largest absolute Gasteiger partial charge is 0.391 e. The van der Waals surface area contributed by atoms with E-state index in [9.17, 15) is 5.11 Å². The molecule has 1 N–H and O–H groups in total. The van der Waals surface area contributed by atoms with E-state index in [-0.39, 0.29) is 6.04 Å². The Hall–Kier alpha value is -2.68. The molecule has 0 fully saturated rings. The fourth-order valence-corrected chi connectivity index (χ4v) is 3.78. The number of benzene rings is 3. The third-order valence-electron chi connectivity index (χ3n) is 5.22. The first-order valence-corrected chi connectivity index (χ1v) is 10.3. The number of hydrogen-bond acceptors (Lipinski definition) is 2. The van der Waals surface area contributed by atoms with Crippen LogP contribution >= 0.6 is 0 Å². The molecule has 0 heterocycles. The first-order valence-electron chi connectivity index (χ1n) is 10.3. The lowest BCUT2D eigenvalue weighted by molar-refractivity contribution is 0.0395. The summed E-state index contributed by atoms with van der Waals surface area (Å²) in [4.78, 5) is 2.41. The van der Waals surface area contributed by atoms with Crippen molar-refractivity contribution in [3.8, 4) is 0 Å². The predicted octanol–water partition coefficient (Wildman–Crippen LogP) is 5.63. The van der Waals surface area contributed by atoms with E-state index < -0.39 is 6.10 Å². The molecule has 3 rings (SSSR count). The normalized spacial score (nSPS) is 13.2. The van der Waals surface area contributed by atoms with Gasteiger partial charge in [-0.15, -0.1) is 6.58 Å². The Morgan fingerprint density at radius 2 is 1.17 bits per heavy atom. The number of aliphatic hydroxyl groups is 1. The van der Waals surface area contributed by atoms with Crippen molar-refractivity contribution in [2.24, 2.45) is 0 Å². The number of hydrogen-bond donors (Lipinski definition) is 1. The quantitative estimate of drug-likeness (QED) is 0.457. The van der Waals surface area contributed by atoms with Crippen LogP contribution in [0.25, 0.3) is 0 Å². The average molecular weight is 386 g/mol. The second kappa shape index (κ2) is 10.8. The fourth-order valence-electron chi connectivity index (χ4n) is 3.78. The zero-order chi connectivity index (χ0) is 20.5. The Balaban J connectivity index is 1.91. The SMILES string of the molecule is C=C(C)C[C@@H](O)[C@H](Cc1ccccc1)N(Cc1ccccc1)Cc1ccccc1. The molecule has 0 radical (unpaired) electrons. The highest BCUT2D eigenvalue weighted by Crippen LogP contribution is 2.22.